The molecule has 1 N–H and O–H groups in total. The Morgan fingerprint density at radius 1 is 1.45 bits per heavy atom. The fraction of sp³-hybridized carbons (Fsp3) is 0.688. The fourth-order valence-corrected chi connectivity index (χ4v) is 2.54. The average Bonchev–Trinajstić information content (AvgIpc) is 2.49. The van der Waals surface area contributed by atoms with Gasteiger partial charge in [-0.15, -0.1) is 0 Å². The minimum atomic E-state index is 0.359. The van der Waals surface area contributed by atoms with Crippen LogP contribution in [-0.4, -0.2) is 37.8 Å². The van der Waals surface area contributed by atoms with E-state index in [2.05, 4.69) is 41.3 Å². The van der Waals surface area contributed by atoms with Gasteiger partial charge in [0.05, 0.1) is 6.10 Å². The van der Waals surface area contributed by atoms with E-state index in [1.54, 1.807) is 0 Å². The molecule has 0 amide bonds. The van der Waals surface area contributed by atoms with Crippen molar-refractivity contribution in [1.82, 2.24) is 10.3 Å². The summed E-state index contributed by atoms with van der Waals surface area (Å²) in [7, 11) is 2.10. The summed E-state index contributed by atoms with van der Waals surface area (Å²) in [6.07, 6.45) is 7.08. The molecule has 1 aliphatic rings. The number of likely N-dealkylation sites (N-methyl/N-ethyl adjacent to an activating group) is 1. The first kappa shape index (κ1) is 15.3. The summed E-state index contributed by atoms with van der Waals surface area (Å²) in [6, 6.07) is 4.25. The van der Waals surface area contributed by atoms with Crippen molar-refractivity contribution in [1.29, 1.82) is 0 Å². The molecule has 0 spiro atoms. The molecule has 1 saturated heterocycles. The van der Waals surface area contributed by atoms with E-state index in [9.17, 15) is 0 Å². The molecule has 0 aliphatic carbocycles. The quantitative estimate of drug-likeness (QED) is 0.777. The predicted molar refractivity (Wildman–Crippen MR) is 83.1 cm³/mol. The van der Waals surface area contributed by atoms with Gasteiger partial charge in [-0.1, -0.05) is 6.92 Å². The topological polar surface area (TPSA) is 37.4 Å². The first-order valence-corrected chi connectivity index (χ1v) is 7.78. The molecule has 2 rings (SSSR count). The Kier molecular flexibility index (Phi) is 6.27. The molecule has 1 fully saturated rings. The highest BCUT2D eigenvalue weighted by Crippen LogP contribution is 2.17. The molecule has 1 aromatic heterocycles. The monoisotopic (exact) mass is 277 g/mol. The Morgan fingerprint density at radius 3 is 3.10 bits per heavy atom. The van der Waals surface area contributed by atoms with E-state index in [4.69, 9.17) is 4.74 Å². The van der Waals surface area contributed by atoms with Crippen LogP contribution in [0.4, 0.5) is 5.82 Å². The summed E-state index contributed by atoms with van der Waals surface area (Å²) in [5, 5.41) is 3.43. The van der Waals surface area contributed by atoms with Crippen LogP contribution in [-0.2, 0) is 11.3 Å². The standard InChI is InChI=1S/C16H27N3O/c1-3-8-17-12-14-7-9-18-16(11-14)19(2)13-15-6-4-5-10-20-15/h7,9,11,15,17H,3-6,8,10,12-13H2,1-2H3. The Balaban J connectivity index is 1.88. The lowest BCUT2D eigenvalue weighted by Gasteiger charge is -2.28. The van der Waals surface area contributed by atoms with Gasteiger partial charge >= 0.3 is 0 Å². The Hall–Kier alpha value is -1.13. The summed E-state index contributed by atoms with van der Waals surface area (Å²) >= 11 is 0. The van der Waals surface area contributed by atoms with E-state index in [0.717, 1.165) is 38.5 Å². The van der Waals surface area contributed by atoms with E-state index in [1.807, 2.05) is 6.20 Å². The molecule has 1 aliphatic heterocycles. The molecular formula is C16H27N3O. The highest BCUT2D eigenvalue weighted by Gasteiger charge is 2.16. The number of ether oxygens (including phenoxy) is 1. The number of nitrogens with one attached hydrogen (secondary N) is 1. The summed E-state index contributed by atoms with van der Waals surface area (Å²) in [5.41, 5.74) is 1.29. The lowest BCUT2D eigenvalue weighted by atomic mass is 10.1. The molecule has 0 saturated carbocycles. The molecule has 1 atom stereocenters. The van der Waals surface area contributed by atoms with Crippen LogP contribution >= 0.6 is 0 Å². The molecule has 0 bridgehead atoms. The number of rotatable bonds is 7. The second-order valence-electron chi connectivity index (χ2n) is 5.57. The van der Waals surface area contributed by atoms with Crippen molar-refractivity contribution in [2.24, 2.45) is 0 Å². The van der Waals surface area contributed by atoms with Gasteiger partial charge in [-0.05, 0) is 49.9 Å². The van der Waals surface area contributed by atoms with Gasteiger partial charge in [0.2, 0.25) is 0 Å². The molecule has 2 heterocycles. The third-order valence-electron chi connectivity index (χ3n) is 3.71. The number of nitrogens with zero attached hydrogens (tertiary/aromatic N) is 2. The predicted octanol–water partition coefficient (Wildman–Crippen LogP) is 2.59. The van der Waals surface area contributed by atoms with Crippen molar-refractivity contribution < 1.29 is 4.74 Å². The number of aromatic nitrogens is 1. The van der Waals surface area contributed by atoms with Crippen LogP contribution in [0.1, 0.15) is 38.2 Å². The number of pyridine rings is 1. The molecule has 20 heavy (non-hydrogen) atoms. The van der Waals surface area contributed by atoms with Crippen molar-refractivity contribution in [2.75, 3.05) is 31.6 Å². The normalized spacial score (nSPS) is 19.0. The van der Waals surface area contributed by atoms with E-state index in [1.165, 1.54) is 24.8 Å². The Labute approximate surface area is 122 Å². The van der Waals surface area contributed by atoms with E-state index in [-0.39, 0.29) is 0 Å². The molecule has 0 aromatic carbocycles. The van der Waals surface area contributed by atoms with Crippen molar-refractivity contribution in [3.63, 3.8) is 0 Å². The van der Waals surface area contributed by atoms with Crippen molar-refractivity contribution in [3.05, 3.63) is 23.9 Å². The van der Waals surface area contributed by atoms with E-state index in [0.29, 0.717) is 6.10 Å². The first-order chi connectivity index (χ1) is 9.79. The van der Waals surface area contributed by atoms with Gasteiger partial charge in [0, 0.05) is 32.9 Å². The van der Waals surface area contributed by atoms with E-state index < -0.39 is 0 Å². The summed E-state index contributed by atoms with van der Waals surface area (Å²) in [5.74, 6) is 1.04. The van der Waals surface area contributed by atoms with Gasteiger partial charge in [-0.2, -0.15) is 0 Å². The van der Waals surface area contributed by atoms with Gasteiger partial charge in [0.15, 0.2) is 0 Å². The maximum atomic E-state index is 5.80. The largest absolute Gasteiger partial charge is 0.376 e. The smallest absolute Gasteiger partial charge is 0.128 e. The van der Waals surface area contributed by atoms with Gasteiger partial charge in [0.1, 0.15) is 5.82 Å². The minimum Gasteiger partial charge on any atom is -0.376 e. The maximum absolute atomic E-state index is 5.80. The SMILES string of the molecule is CCCNCc1ccnc(N(C)CC2CCCCO2)c1. The zero-order chi connectivity index (χ0) is 14.2. The minimum absolute atomic E-state index is 0.359. The van der Waals surface area contributed by atoms with Crippen molar-refractivity contribution >= 4 is 5.82 Å². The molecule has 4 heteroatoms. The van der Waals surface area contributed by atoms with Crippen molar-refractivity contribution in [3.8, 4) is 0 Å². The summed E-state index contributed by atoms with van der Waals surface area (Å²) < 4.78 is 5.80. The van der Waals surface area contributed by atoms with Crippen LogP contribution in [0.5, 0.6) is 0 Å². The second-order valence-corrected chi connectivity index (χ2v) is 5.57. The van der Waals surface area contributed by atoms with Crippen LogP contribution in [0.2, 0.25) is 0 Å². The average molecular weight is 277 g/mol. The maximum Gasteiger partial charge on any atom is 0.128 e. The highest BCUT2D eigenvalue weighted by molar-refractivity contribution is 5.40. The van der Waals surface area contributed by atoms with Gasteiger partial charge in [0.25, 0.3) is 0 Å². The zero-order valence-electron chi connectivity index (χ0n) is 12.8. The van der Waals surface area contributed by atoms with Gasteiger partial charge in [-0.3, -0.25) is 0 Å². The zero-order valence-corrected chi connectivity index (χ0v) is 12.8. The molecular weight excluding hydrogens is 250 g/mol. The number of anilines is 1. The number of hydrogen-bond donors (Lipinski definition) is 1. The Morgan fingerprint density at radius 2 is 2.35 bits per heavy atom. The second kappa shape index (κ2) is 8.22. The summed E-state index contributed by atoms with van der Waals surface area (Å²) in [6.45, 7) is 6.00. The molecule has 1 aromatic rings. The van der Waals surface area contributed by atoms with Gasteiger partial charge in [-0.25, -0.2) is 4.98 Å². The third kappa shape index (κ3) is 4.76. The van der Waals surface area contributed by atoms with Crippen LogP contribution in [0.3, 0.4) is 0 Å². The molecule has 112 valence electrons. The lowest BCUT2D eigenvalue weighted by molar-refractivity contribution is 0.0215. The van der Waals surface area contributed by atoms with Crippen LogP contribution in [0.15, 0.2) is 18.3 Å². The Bertz CT molecular complexity index is 391. The molecule has 0 radical (unpaired) electrons. The summed E-state index contributed by atoms with van der Waals surface area (Å²) in [4.78, 5) is 6.68. The van der Waals surface area contributed by atoms with Crippen LogP contribution < -0.4 is 10.2 Å². The number of hydrogen-bond acceptors (Lipinski definition) is 4. The molecule has 4 nitrogen and oxygen atoms in total. The first-order valence-electron chi connectivity index (χ1n) is 7.78. The fourth-order valence-electron chi connectivity index (χ4n) is 2.54. The van der Waals surface area contributed by atoms with Crippen LogP contribution in [0, 0.1) is 0 Å². The molecule has 1 unspecified atom stereocenters. The highest BCUT2D eigenvalue weighted by atomic mass is 16.5. The van der Waals surface area contributed by atoms with Gasteiger partial charge < -0.3 is 15.0 Å². The van der Waals surface area contributed by atoms with E-state index >= 15 is 0 Å². The van der Waals surface area contributed by atoms with Crippen LogP contribution in [0.25, 0.3) is 0 Å². The van der Waals surface area contributed by atoms with Crippen molar-refractivity contribution in [2.45, 2.75) is 45.3 Å². The third-order valence-corrected chi connectivity index (χ3v) is 3.71. The lowest BCUT2D eigenvalue weighted by Crippen LogP contribution is -2.33.